The van der Waals surface area contributed by atoms with E-state index in [2.05, 4.69) is 6.08 Å². The van der Waals surface area contributed by atoms with Crippen LogP contribution >= 0.6 is 23.2 Å². The van der Waals surface area contributed by atoms with Crippen molar-refractivity contribution < 1.29 is 9.53 Å². The van der Waals surface area contributed by atoms with E-state index >= 15 is 0 Å². The van der Waals surface area contributed by atoms with Gasteiger partial charge in [-0.15, -0.1) is 0 Å². The van der Waals surface area contributed by atoms with E-state index in [1.54, 1.807) is 36.4 Å². The molecule has 3 aromatic carbocycles. The van der Waals surface area contributed by atoms with Gasteiger partial charge in [0, 0.05) is 21.5 Å². The van der Waals surface area contributed by atoms with Crippen LogP contribution in [-0.2, 0) is 0 Å². The molecule has 2 aliphatic rings. The van der Waals surface area contributed by atoms with Crippen molar-refractivity contribution in [1.29, 1.82) is 0 Å². The smallest absolute Gasteiger partial charge is 0.274 e. The van der Waals surface area contributed by atoms with Crippen LogP contribution in [0.3, 0.4) is 0 Å². The number of fused-ring (bicyclic) bond motifs is 1. The van der Waals surface area contributed by atoms with Gasteiger partial charge in [-0.25, -0.2) is 5.01 Å². The van der Waals surface area contributed by atoms with Crippen molar-refractivity contribution >= 4 is 40.9 Å². The van der Waals surface area contributed by atoms with Gasteiger partial charge in [0.25, 0.3) is 5.91 Å². The fourth-order valence-electron chi connectivity index (χ4n) is 4.79. The summed E-state index contributed by atoms with van der Waals surface area (Å²) in [5, 5.41) is 7.98. The van der Waals surface area contributed by atoms with Crippen molar-refractivity contribution in [3.63, 3.8) is 0 Å². The van der Waals surface area contributed by atoms with Gasteiger partial charge in [-0.3, -0.25) is 4.79 Å². The van der Waals surface area contributed by atoms with Crippen LogP contribution in [-0.4, -0.2) is 23.7 Å². The SMILES string of the molecule is COc1ccc(C(=O)N2N=C3/C(=C/c4ccc(Cl)cc4)CCC[C@H]3[C@@H]2c2ccc(Cl)cc2)cc1. The highest BCUT2D eigenvalue weighted by Gasteiger charge is 2.43. The largest absolute Gasteiger partial charge is 0.497 e. The maximum Gasteiger partial charge on any atom is 0.274 e. The summed E-state index contributed by atoms with van der Waals surface area (Å²) in [6.07, 6.45) is 5.10. The second-order valence-electron chi connectivity index (χ2n) is 8.58. The molecule has 0 spiro atoms. The molecule has 0 saturated heterocycles. The average molecular weight is 491 g/mol. The van der Waals surface area contributed by atoms with Crippen molar-refractivity contribution in [2.75, 3.05) is 7.11 Å². The highest BCUT2D eigenvalue weighted by atomic mass is 35.5. The fourth-order valence-corrected chi connectivity index (χ4v) is 5.04. The standard InChI is InChI=1S/C28H24Cl2N2O2/c1-34-24-15-9-20(10-16-24)28(33)32-27(19-7-13-23(30)14-8-19)25-4-2-3-21(26(25)31-32)17-18-5-11-22(29)12-6-18/h5-17,25,27H,2-4H2,1H3/b21-17+/t25-,27+/m1/s1. The lowest BCUT2D eigenvalue weighted by Crippen LogP contribution is -2.31. The van der Waals surface area contributed by atoms with Gasteiger partial charge in [0.15, 0.2) is 0 Å². The molecule has 0 bridgehead atoms. The zero-order valence-corrected chi connectivity index (χ0v) is 20.3. The molecule has 172 valence electrons. The van der Waals surface area contributed by atoms with E-state index in [-0.39, 0.29) is 17.9 Å². The Morgan fingerprint density at radius 3 is 2.26 bits per heavy atom. The molecule has 6 heteroatoms. The number of halogens is 2. The number of hydrogen-bond donors (Lipinski definition) is 0. The van der Waals surface area contributed by atoms with Crippen LogP contribution in [0.1, 0.15) is 46.8 Å². The monoisotopic (exact) mass is 490 g/mol. The molecule has 4 nitrogen and oxygen atoms in total. The lowest BCUT2D eigenvalue weighted by atomic mass is 9.77. The summed E-state index contributed by atoms with van der Waals surface area (Å²) in [5.41, 5.74) is 4.84. The van der Waals surface area contributed by atoms with Crippen LogP contribution in [0.2, 0.25) is 10.0 Å². The van der Waals surface area contributed by atoms with E-state index in [0.717, 1.165) is 36.1 Å². The minimum absolute atomic E-state index is 0.121. The Hall–Kier alpha value is -3.08. The van der Waals surface area contributed by atoms with Crippen molar-refractivity contribution in [3.8, 4) is 5.75 Å². The third-order valence-corrected chi connectivity index (χ3v) is 6.97. The van der Waals surface area contributed by atoms with Gasteiger partial charge in [0.05, 0.1) is 18.9 Å². The van der Waals surface area contributed by atoms with Crippen molar-refractivity contribution in [2.24, 2.45) is 11.0 Å². The number of allylic oxidation sites excluding steroid dienone is 1. The zero-order valence-electron chi connectivity index (χ0n) is 18.7. The zero-order chi connectivity index (χ0) is 23.7. The highest BCUT2D eigenvalue weighted by Crippen LogP contribution is 2.45. The number of amides is 1. The number of hydrogen-bond acceptors (Lipinski definition) is 3. The Morgan fingerprint density at radius 1 is 0.971 bits per heavy atom. The maximum atomic E-state index is 13.7. The van der Waals surface area contributed by atoms with Crippen molar-refractivity contribution in [1.82, 2.24) is 5.01 Å². The van der Waals surface area contributed by atoms with Crippen LogP contribution in [0.4, 0.5) is 0 Å². The van der Waals surface area contributed by atoms with Crippen molar-refractivity contribution in [3.05, 3.63) is 105 Å². The molecule has 1 amide bonds. The van der Waals surface area contributed by atoms with Crippen molar-refractivity contribution in [2.45, 2.75) is 25.3 Å². The molecule has 3 aromatic rings. The molecule has 5 rings (SSSR count). The summed E-state index contributed by atoms with van der Waals surface area (Å²) in [6.45, 7) is 0. The molecular weight excluding hydrogens is 467 g/mol. The molecule has 1 fully saturated rings. The molecule has 0 unspecified atom stereocenters. The van der Waals surface area contributed by atoms with Gasteiger partial charge < -0.3 is 4.74 Å². The first kappa shape index (κ1) is 22.7. The van der Waals surface area contributed by atoms with Gasteiger partial charge in [-0.05, 0) is 90.6 Å². The number of methoxy groups -OCH3 is 1. The molecule has 1 heterocycles. The molecule has 0 radical (unpaired) electrons. The Kier molecular flexibility index (Phi) is 6.44. The predicted octanol–water partition coefficient (Wildman–Crippen LogP) is 7.44. The highest BCUT2D eigenvalue weighted by molar-refractivity contribution is 6.30. The minimum Gasteiger partial charge on any atom is -0.497 e. The summed E-state index contributed by atoms with van der Waals surface area (Å²) in [4.78, 5) is 13.7. The molecule has 0 aromatic heterocycles. The average Bonchev–Trinajstić information content (AvgIpc) is 3.26. The quantitative estimate of drug-likeness (QED) is 0.381. The second-order valence-corrected chi connectivity index (χ2v) is 9.45. The van der Waals surface area contributed by atoms with E-state index in [0.29, 0.717) is 21.4 Å². The van der Waals surface area contributed by atoms with Crippen LogP contribution in [0.5, 0.6) is 5.75 Å². The van der Waals surface area contributed by atoms with Crippen LogP contribution in [0.25, 0.3) is 6.08 Å². The van der Waals surface area contributed by atoms with E-state index in [1.165, 1.54) is 5.57 Å². The van der Waals surface area contributed by atoms with Crippen LogP contribution in [0, 0.1) is 5.92 Å². The lowest BCUT2D eigenvalue weighted by Gasteiger charge is -2.29. The molecular formula is C28H24Cl2N2O2. The first-order valence-corrected chi connectivity index (χ1v) is 12.1. The molecule has 34 heavy (non-hydrogen) atoms. The van der Waals surface area contributed by atoms with Gasteiger partial charge in [-0.1, -0.05) is 47.5 Å². The minimum atomic E-state index is -0.184. The van der Waals surface area contributed by atoms with E-state index in [1.807, 2.05) is 48.5 Å². The number of rotatable bonds is 4. The topological polar surface area (TPSA) is 41.9 Å². The first-order chi connectivity index (χ1) is 16.5. The van der Waals surface area contributed by atoms with Gasteiger partial charge in [0.2, 0.25) is 0 Å². The van der Waals surface area contributed by atoms with Gasteiger partial charge in [-0.2, -0.15) is 5.10 Å². The number of benzene rings is 3. The number of carbonyl (C=O) groups is 1. The molecule has 1 saturated carbocycles. The fraction of sp³-hybridized carbons (Fsp3) is 0.214. The third kappa shape index (κ3) is 4.48. The third-order valence-electron chi connectivity index (χ3n) is 6.47. The van der Waals surface area contributed by atoms with Gasteiger partial charge in [0.1, 0.15) is 5.75 Å². The van der Waals surface area contributed by atoms with E-state index in [9.17, 15) is 4.79 Å². The Morgan fingerprint density at radius 2 is 1.62 bits per heavy atom. The maximum absolute atomic E-state index is 13.7. The Labute approximate surface area is 209 Å². The summed E-state index contributed by atoms with van der Waals surface area (Å²) in [6, 6.07) is 22.5. The summed E-state index contributed by atoms with van der Waals surface area (Å²) >= 11 is 12.2. The number of ether oxygens (including phenoxy) is 1. The Bertz CT molecular complexity index is 1250. The number of carbonyl (C=O) groups excluding carboxylic acids is 1. The summed E-state index contributed by atoms with van der Waals surface area (Å²) < 4.78 is 5.25. The first-order valence-electron chi connectivity index (χ1n) is 11.3. The number of nitrogens with zero attached hydrogens (tertiary/aromatic N) is 2. The molecule has 2 atom stereocenters. The number of hydrazone groups is 1. The normalized spacial score (nSPS) is 20.7. The molecule has 0 N–H and O–H groups in total. The molecule has 1 aliphatic carbocycles. The van der Waals surface area contributed by atoms with E-state index < -0.39 is 0 Å². The molecule has 1 aliphatic heterocycles. The van der Waals surface area contributed by atoms with Crippen LogP contribution in [0.15, 0.2) is 83.5 Å². The summed E-state index contributed by atoms with van der Waals surface area (Å²) in [5.74, 6) is 0.700. The Balaban J connectivity index is 1.56. The van der Waals surface area contributed by atoms with Crippen LogP contribution < -0.4 is 4.74 Å². The predicted molar refractivity (Wildman–Crippen MR) is 138 cm³/mol. The second kappa shape index (κ2) is 9.65. The summed E-state index contributed by atoms with van der Waals surface area (Å²) in [7, 11) is 1.61. The van der Waals surface area contributed by atoms with Gasteiger partial charge >= 0.3 is 0 Å². The lowest BCUT2D eigenvalue weighted by molar-refractivity contribution is 0.0681. The van der Waals surface area contributed by atoms with E-state index in [4.69, 9.17) is 33.0 Å².